The third-order valence-corrected chi connectivity index (χ3v) is 8.25. The van der Waals surface area contributed by atoms with E-state index in [1.54, 1.807) is 30.3 Å². The first-order valence-electron chi connectivity index (χ1n) is 15.6. The number of halogens is 1. The van der Waals surface area contributed by atoms with Gasteiger partial charge < -0.3 is 30.4 Å². The molecule has 1 aromatic heterocycles. The van der Waals surface area contributed by atoms with E-state index in [-0.39, 0.29) is 17.0 Å². The van der Waals surface area contributed by atoms with Crippen LogP contribution in [0.3, 0.4) is 0 Å². The number of aliphatic hydroxyl groups excluding tert-OH is 2. The van der Waals surface area contributed by atoms with Crippen molar-refractivity contribution >= 4 is 0 Å². The van der Waals surface area contributed by atoms with Gasteiger partial charge in [0.15, 0.2) is 6.30 Å². The Hall–Kier alpha value is -2.45. The number of alkyl halides is 1. The maximum absolute atomic E-state index is 15.3. The Bertz CT molecular complexity index is 1230. The minimum atomic E-state index is -3.34. The lowest BCUT2D eigenvalue weighted by Gasteiger charge is -2.43. The van der Waals surface area contributed by atoms with Gasteiger partial charge in [-0.05, 0) is 18.4 Å². The summed E-state index contributed by atoms with van der Waals surface area (Å²) in [5, 5.41) is 54.1. The topological polar surface area (TPSA) is 168 Å². The molecule has 0 radical (unpaired) electrons. The van der Waals surface area contributed by atoms with E-state index in [0.29, 0.717) is 23.0 Å². The molecule has 6 N–H and O–H groups in total. The molecule has 1 unspecified atom stereocenters. The molecule has 1 aliphatic heterocycles. The van der Waals surface area contributed by atoms with Crippen LogP contribution in [0, 0.1) is 0 Å². The van der Waals surface area contributed by atoms with Crippen molar-refractivity contribution in [2.24, 2.45) is 0 Å². The summed E-state index contributed by atoms with van der Waals surface area (Å²) in [6, 6.07) is 8.08. The fourth-order valence-electron chi connectivity index (χ4n) is 5.66. The smallest absolute Gasteiger partial charge is 0.332 e. The molecule has 12 heteroatoms. The minimum absolute atomic E-state index is 0.116. The number of hydrogen-bond donors (Lipinski definition) is 6. The van der Waals surface area contributed by atoms with Gasteiger partial charge in [0.1, 0.15) is 12.2 Å². The Labute approximate surface area is 251 Å². The van der Waals surface area contributed by atoms with Gasteiger partial charge in [0.25, 0.3) is 5.56 Å². The Morgan fingerprint density at radius 1 is 0.953 bits per heavy atom. The Balaban J connectivity index is 1.63. The third-order valence-electron chi connectivity index (χ3n) is 8.25. The largest absolute Gasteiger partial charge is 0.394 e. The number of aliphatic hydroxyl groups is 4. The summed E-state index contributed by atoms with van der Waals surface area (Å²) in [5.74, 6) is -3.31. The monoisotopic (exact) mass is 609 g/mol. The van der Waals surface area contributed by atoms with Crippen LogP contribution in [0.1, 0.15) is 96.8 Å². The van der Waals surface area contributed by atoms with Crippen molar-refractivity contribution in [3.05, 3.63) is 57.4 Å². The van der Waals surface area contributed by atoms with Crippen molar-refractivity contribution in [2.45, 2.75) is 127 Å². The number of aromatic amines is 1. The number of H-pyrrole nitrogens is 1. The lowest BCUT2D eigenvalue weighted by molar-refractivity contribution is -0.428. The summed E-state index contributed by atoms with van der Waals surface area (Å²) in [4.78, 5) is 27.4. The van der Waals surface area contributed by atoms with Gasteiger partial charge in [-0.25, -0.2) is 13.8 Å². The summed E-state index contributed by atoms with van der Waals surface area (Å²) in [6.45, 7) is 1.26. The zero-order valence-electron chi connectivity index (χ0n) is 25.0. The van der Waals surface area contributed by atoms with E-state index in [1.807, 2.05) is 4.98 Å². The van der Waals surface area contributed by atoms with Gasteiger partial charge in [-0.2, -0.15) is 0 Å². The van der Waals surface area contributed by atoms with Crippen molar-refractivity contribution in [3.8, 4) is 11.1 Å². The van der Waals surface area contributed by atoms with Crippen molar-refractivity contribution in [1.29, 1.82) is 0 Å². The Kier molecular flexibility index (Phi) is 13.5. The standard InChI is InChI=1S/C31H48FN3O8/c1-2-3-4-5-6-7-8-9-10-11-12-13-17-20-26(32)35(42)30(40)27(37)25(22-36)43-31(30,41)34-21-24(28(38)33-29(34)39)23-18-15-14-16-19-23/h14-16,18-19,21,25-27,36-37,40-42H,2-13,17,20,22H2,1H3,(H,33,38,39)/t25-,26?,27-,30-,31+/m1/s1. The molecule has 1 saturated heterocycles. The highest BCUT2D eigenvalue weighted by atomic mass is 19.1. The highest BCUT2D eigenvalue weighted by Gasteiger charge is 2.71. The molecule has 242 valence electrons. The van der Waals surface area contributed by atoms with Crippen LogP contribution < -0.4 is 11.2 Å². The minimum Gasteiger partial charge on any atom is -0.394 e. The maximum Gasteiger partial charge on any atom is 0.332 e. The van der Waals surface area contributed by atoms with Crippen molar-refractivity contribution in [2.75, 3.05) is 6.61 Å². The molecule has 43 heavy (non-hydrogen) atoms. The van der Waals surface area contributed by atoms with Crippen LogP contribution in [0.15, 0.2) is 46.1 Å². The molecule has 0 aliphatic carbocycles. The van der Waals surface area contributed by atoms with Crippen molar-refractivity contribution < 1.29 is 34.8 Å². The predicted octanol–water partition coefficient (Wildman–Crippen LogP) is 3.71. The summed E-state index contributed by atoms with van der Waals surface area (Å²) in [5.41, 5.74) is -5.20. The summed E-state index contributed by atoms with van der Waals surface area (Å²) in [6.07, 6.45) is 8.44. The first-order chi connectivity index (χ1) is 20.6. The molecule has 0 bridgehead atoms. The number of rotatable bonds is 19. The molecule has 0 saturated carbocycles. The van der Waals surface area contributed by atoms with Crippen LogP contribution in [0.25, 0.3) is 11.1 Å². The number of aromatic nitrogens is 2. The summed E-state index contributed by atoms with van der Waals surface area (Å²) >= 11 is 0. The molecule has 0 spiro atoms. The predicted molar refractivity (Wildman–Crippen MR) is 159 cm³/mol. The lowest BCUT2D eigenvalue weighted by atomic mass is 9.99. The average molecular weight is 610 g/mol. The van der Waals surface area contributed by atoms with Crippen LogP contribution in [-0.4, -0.2) is 71.1 Å². The second-order valence-corrected chi connectivity index (χ2v) is 11.5. The van der Waals surface area contributed by atoms with E-state index in [1.165, 1.54) is 44.9 Å². The molecule has 11 nitrogen and oxygen atoms in total. The van der Waals surface area contributed by atoms with E-state index in [4.69, 9.17) is 4.74 Å². The maximum atomic E-state index is 15.3. The van der Waals surface area contributed by atoms with E-state index >= 15 is 4.39 Å². The Morgan fingerprint density at radius 2 is 1.49 bits per heavy atom. The van der Waals surface area contributed by atoms with Gasteiger partial charge in [0, 0.05) is 6.20 Å². The van der Waals surface area contributed by atoms with Gasteiger partial charge in [0.05, 0.1) is 12.2 Å². The van der Waals surface area contributed by atoms with Crippen molar-refractivity contribution in [1.82, 2.24) is 14.6 Å². The molecule has 1 aromatic carbocycles. The number of unbranched alkanes of at least 4 members (excludes halogenated alkanes) is 12. The molecule has 2 heterocycles. The van der Waals surface area contributed by atoms with Gasteiger partial charge in [-0.3, -0.25) is 9.78 Å². The molecular weight excluding hydrogens is 561 g/mol. The van der Waals surface area contributed by atoms with Crippen LogP contribution in [0.4, 0.5) is 4.39 Å². The molecular formula is C31H48FN3O8. The zero-order valence-corrected chi connectivity index (χ0v) is 25.0. The highest BCUT2D eigenvalue weighted by Crippen LogP contribution is 2.44. The molecule has 3 rings (SSSR count). The number of nitrogens with zero attached hydrogens (tertiary/aromatic N) is 2. The van der Waals surface area contributed by atoms with Gasteiger partial charge in [-0.15, -0.1) is 5.06 Å². The van der Waals surface area contributed by atoms with Crippen LogP contribution in [-0.2, 0) is 10.6 Å². The van der Waals surface area contributed by atoms with Crippen LogP contribution in [0.5, 0.6) is 0 Å². The third kappa shape index (κ3) is 8.18. The second-order valence-electron chi connectivity index (χ2n) is 11.5. The average Bonchev–Trinajstić information content (AvgIpc) is 3.21. The number of nitrogens with one attached hydrogen (secondary N) is 1. The van der Waals surface area contributed by atoms with Crippen LogP contribution >= 0.6 is 0 Å². The fourth-order valence-corrected chi connectivity index (χ4v) is 5.66. The fraction of sp³-hybridized carbons (Fsp3) is 0.677. The molecule has 5 atom stereocenters. The van der Waals surface area contributed by atoms with E-state index in [9.17, 15) is 35.2 Å². The van der Waals surface area contributed by atoms with E-state index in [0.717, 1.165) is 31.9 Å². The first-order valence-corrected chi connectivity index (χ1v) is 15.6. The van der Waals surface area contributed by atoms with Gasteiger partial charge >= 0.3 is 11.6 Å². The Morgan fingerprint density at radius 3 is 2.02 bits per heavy atom. The summed E-state index contributed by atoms with van der Waals surface area (Å²) in [7, 11) is 0. The quantitative estimate of drug-likeness (QED) is 0.0602. The first kappa shape index (κ1) is 35.0. The van der Waals surface area contributed by atoms with Crippen LogP contribution in [0.2, 0.25) is 0 Å². The molecule has 2 aromatic rings. The number of hydrogen-bond acceptors (Lipinski definition) is 9. The normalized spacial score (nSPS) is 24.6. The van der Waals surface area contributed by atoms with Gasteiger partial charge in [0.2, 0.25) is 5.72 Å². The number of hydroxylamine groups is 2. The second kappa shape index (κ2) is 16.6. The van der Waals surface area contributed by atoms with Gasteiger partial charge in [-0.1, -0.05) is 114 Å². The lowest BCUT2D eigenvalue weighted by Crippen LogP contribution is -2.69. The zero-order chi connectivity index (χ0) is 31.5. The van der Waals surface area contributed by atoms with E-state index in [2.05, 4.69) is 6.92 Å². The number of benzene rings is 1. The SMILES string of the molecule is CCCCCCCCCCCCCCCC(F)N(O)[C@@]1(O)[C@H](O)[C@@H](CO)O[C@]1(O)n1cc(-c2ccccc2)c(=O)[nH]c1=O. The highest BCUT2D eigenvalue weighted by molar-refractivity contribution is 5.61. The number of ether oxygens (including phenoxy) is 1. The molecule has 0 amide bonds. The van der Waals surface area contributed by atoms with E-state index < -0.39 is 48.0 Å². The van der Waals surface area contributed by atoms with Crippen molar-refractivity contribution in [3.63, 3.8) is 0 Å². The summed E-state index contributed by atoms with van der Waals surface area (Å²) < 4.78 is 21.0. The molecule has 1 fully saturated rings. The molecule has 1 aliphatic rings.